The molecule has 1 aromatic rings. The Labute approximate surface area is 82.1 Å². The van der Waals surface area contributed by atoms with E-state index in [4.69, 9.17) is 5.11 Å². The highest BCUT2D eigenvalue weighted by atomic mass is 16.3. The number of fused-ring (bicyclic) bond motifs is 1. The number of para-hydroxylation sites is 1. The number of β-amino-alcohol motifs (C(OH)–C–C–N with tert-alkyl or cyclic N) is 1. The fourth-order valence-electron chi connectivity index (χ4n) is 1.54. The van der Waals surface area contributed by atoms with Gasteiger partial charge >= 0.3 is 0 Å². The summed E-state index contributed by atoms with van der Waals surface area (Å²) < 4.78 is 0. The van der Waals surface area contributed by atoms with Crippen molar-refractivity contribution in [3.05, 3.63) is 29.8 Å². The van der Waals surface area contributed by atoms with E-state index in [-0.39, 0.29) is 6.61 Å². The molecule has 1 atom stereocenters. The fourth-order valence-corrected chi connectivity index (χ4v) is 1.54. The molecule has 4 heteroatoms. The van der Waals surface area contributed by atoms with Crippen molar-refractivity contribution in [1.82, 2.24) is 0 Å². The monoisotopic (exact) mass is 192 g/mol. The van der Waals surface area contributed by atoms with Crippen LogP contribution in [0.2, 0.25) is 0 Å². The molecule has 0 saturated carbocycles. The molecule has 74 valence electrons. The molecule has 2 rings (SSSR count). The van der Waals surface area contributed by atoms with Gasteiger partial charge in [-0.2, -0.15) is 0 Å². The van der Waals surface area contributed by atoms with Crippen LogP contribution in [0.5, 0.6) is 0 Å². The van der Waals surface area contributed by atoms with Crippen LogP contribution in [0.3, 0.4) is 0 Å². The Morgan fingerprint density at radius 2 is 2.14 bits per heavy atom. The summed E-state index contributed by atoms with van der Waals surface area (Å²) in [5.41, 5.74) is 1.69. The number of hydrogen-bond acceptors (Lipinski definition) is 4. The lowest BCUT2D eigenvalue weighted by atomic mass is 10.1. The SMILES string of the molecule is OCCN1C=NC(O)c2ccccc21. The Morgan fingerprint density at radius 3 is 2.93 bits per heavy atom. The summed E-state index contributed by atoms with van der Waals surface area (Å²) in [7, 11) is 0. The molecule has 0 radical (unpaired) electrons. The first-order chi connectivity index (χ1) is 6.83. The highest BCUT2D eigenvalue weighted by Gasteiger charge is 2.18. The summed E-state index contributed by atoms with van der Waals surface area (Å²) in [5, 5.41) is 18.4. The number of aliphatic imine (C=N–C) groups is 1. The highest BCUT2D eigenvalue weighted by molar-refractivity contribution is 5.83. The molecule has 4 nitrogen and oxygen atoms in total. The van der Waals surface area contributed by atoms with Gasteiger partial charge < -0.3 is 15.1 Å². The minimum atomic E-state index is -0.777. The lowest BCUT2D eigenvalue weighted by molar-refractivity contribution is 0.187. The molecule has 0 fully saturated rings. The lowest BCUT2D eigenvalue weighted by Crippen LogP contribution is -2.29. The maximum absolute atomic E-state index is 9.56. The zero-order valence-electron chi connectivity index (χ0n) is 7.67. The van der Waals surface area contributed by atoms with Gasteiger partial charge in [0.15, 0.2) is 6.23 Å². The predicted octanol–water partition coefficient (Wildman–Crippen LogP) is 0.518. The smallest absolute Gasteiger partial charge is 0.175 e. The van der Waals surface area contributed by atoms with Crippen molar-refractivity contribution in [3.63, 3.8) is 0 Å². The van der Waals surface area contributed by atoms with Gasteiger partial charge in [0.1, 0.15) is 0 Å². The van der Waals surface area contributed by atoms with Gasteiger partial charge in [0.2, 0.25) is 0 Å². The zero-order valence-corrected chi connectivity index (χ0v) is 7.67. The van der Waals surface area contributed by atoms with E-state index in [0.29, 0.717) is 6.54 Å². The van der Waals surface area contributed by atoms with Gasteiger partial charge in [-0.1, -0.05) is 18.2 Å². The first-order valence-electron chi connectivity index (χ1n) is 4.50. The highest BCUT2D eigenvalue weighted by Crippen LogP contribution is 2.29. The minimum Gasteiger partial charge on any atom is -0.395 e. The van der Waals surface area contributed by atoms with Crippen molar-refractivity contribution < 1.29 is 10.2 Å². The third-order valence-electron chi connectivity index (χ3n) is 2.21. The molecule has 2 N–H and O–H groups in total. The number of rotatable bonds is 2. The van der Waals surface area contributed by atoms with Crippen LogP contribution in [-0.2, 0) is 0 Å². The second kappa shape index (κ2) is 3.77. The predicted molar refractivity (Wildman–Crippen MR) is 54.3 cm³/mol. The van der Waals surface area contributed by atoms with Crippen LogP contribution in [-0.4, -0.2) is 29.7 Å². The molecule has 0 aliphatic carbocycles. The second-order valence-corrected chi connectivity index (χ2v) is 3.11. The van der Waals surface area contributed by atoms with Crippen LogP contribution in [0.1, 0.15) is 11.8 Å². The first kappa shape index (κ1) is 9.18. The fraction of sp³-hybridized carbons (Fsp3) is 0.300. The molecule has 1 aromatic carbocycles. The molecule has 0 spiro atoms. The molecule has 1 aliphatic rings. The zero-order chi connectivity index (χ0) is 9.97. The van der Waals surface area contributed by atoms with Crippen molar-refractivity contribution in [2.45, 2.75) is 6.23 Å². The molecule has 0 saturated heterocycles. The van der Waals surface area contributed by atoms with Crippen molar-refractivity contribution in [1.29, 1.82) is 0 Å². The summed E-state index contributed by atoms with van der Waals surface area (Å²) in [6.07, 6.45) is 0.782. The third-order valence-corrected chi connectivity index (χ3v) is 2.21. The molecular weight excluding hydrogens is 180 g/mol. The van der Waals surface area contributed by atoms with Crippen molar-refractivity contribution >= 4 is 12.0 Å². The van der Waals surface area contributed by atoms with E-state index in [1.54, 1.807) is 6.34 Å². The van der Waals surface area contributed by atoms with Crippen LogP contribution in [0.4, 0.5) is 5.69 Å². The van der Waals surface area contributed by atoms with Gasteiger partial charge in [-0.05, 0) is 6.07 Å². The van der Waals surface area contributed by atoms with Crippen LogP contribution >= 0.6 is 0 Å². The van der Waals surface area contributed by atoms with Crippen LogP contribution in [0.25, 0.3) is 0 Å². The Hall–Kier alpha value is -1.39. The molecule has 0 amide bonds. The summed E-state index contributed by atoms with van der Waals surface area (Å²) in [4.78, 5) is 5.74. The average molecular weight is 192 g/mol. The third kappa shape index (κ3) is 1.49. The molecule has 1 heterocycles. The van der Waals surface area contributed by atoms with Crippen molar-refractivity contribution in [2.75, 3.05) is 18.1 Å². The topological polar surface area (TPSA) is 56.1 Å². The number of anilines is 1. The molecule has 1 aliphatic heterocycles. The van der Waals surface area contributed by atoms with Gasteiger partial charge in [-0.25, -0.2) is 4.99 Å². The van der Waals surface area contributed by atoms with Gasteiger partial charge in [-0.15, -0.1) is 0 Å². The Bertz CT molecular complexity index is 352. The normalized spacial score (nSPS) is 19.6. The van der Waals surface area contributed by atoms with Crippen molar-refractivity contribution in [3.8, 4) is 0 Å². The van der Waals surface area contributed by atoms with Crippen LogP contribution < -0.4 is 4.90 Å². The number of aliphatic hydroxyl groups excluding tert-OH is 2. The average Bonchev–Trinajstić information content (AvgIpc) is 2.23. The van der Waals surface area contributed by atoms with E-state index in [0.717, 1.165) is 11.3 Å². The van der Waals surface area contributed by atoms with Gasteiger partial charge in [0.25, 0.3) is 0 Å². The summed E-state index contributed by atoms with van der Waals surface area (Å²) >= 11 is 0. The van der Waals surface area contributed by atoms with Crippen LogP contribution in [0, 0.1) is 0 Å². The summed E-state index contributed by atoms with van der Waals surface area (Å²) in [6, 6.07) is 7.50. The molecule has 0 bridgehead atoms. The first-order valence-corrected chi connectivity index (χ1v) is 4.50. The van der Waals surface area contributed by atoms with E-state index in [9.17, 15) is 5.11 Å². The minimum absolute atomic E-state index is 0.0659. The van der Waals surface area contributed by atoms with Crippen molar-refractivity contribution in [2.24, 2.45) is 4.99 Å². The largest absolute Gasteiger partial charge is 0.395 e. The second-order valence-electron chi connectivity index (χ2n) is 3.11. The van der Waals surface area contributed by atoms with E-state index in [1.165, 1.54) is 0 Å². The molecule has 14 heavy (non-hydrogen) atoms. The molecular formula is C10H12N2O2. The van der Waals surface area contributed by atoms with E-state index >= 15 is 0 Å². The Balaban J connectivity index is 2.37. The number of hydrogen-bond donors (Lipinski definition) is 2. The van der Waals surface area contributed by atoms with Gasteiger partial charge in [-0.3, -0.25) is 0 Å². The van der Waals surface area contributed by atoms with Crippen LogP contribution in [0.15, 0.2) is 29.3 Å². The Morgan fingerprint density at radius 1 is 1.36 bits per heavy atom. The van der Waals surface area contributed by atoms with E-state index in [2.05, 4.69) is 4.99 Å². The molecule has 0 aromatic heterocycles. The quantitative estimate of drug-likeness (QED) is 0.718. The van der Waals surface area contributed by atoms with Gasteiger partial charge in [0, 0.05) is 17.8 Å². The van der Waals surface area contributed by atoms with Gasteiger partial charge in [0.05, 0.1) is 12.9 Å². The molecule has 1 unspecified atom stereocenters. The standard InChI is InChI=1S/C10H12N2O2/c13-6-5-12-7-11-10(14)8-3-1-2-4-9(8)12/h1-4,7,10,13-14H,5-6H2. The maximum atomic E-state index is 9.56. The number of aliphatic hydroxyl groups is 2. The van der Waals surface area contributed by atoms with E-state index in [1.807, 2.05) is 29.2 Å². The summed E-state index contributed by atoms with van der Waals surface area (Å²) in [5.74, 6) is 0. The number of nitrogens with zero attached hydrogens (tertiary/aromatic N) is 2. The Kier molecular flexibility index (Phi) is 2.47. The van der Waals surface area contributed by atoms with E-state index < -0.39 is 6.23 Å². The maximum Gasteiger partial charge on any atom is 0.175 e. The summed E-state index contributed by atoms with van der Waals surface area (Å²) in [6.45, 7) is 0.559. The number of benzene rings is 1. The lowest BCUT2D eigenvalue weighted by Gasteiger charge is -2.26.